The largest absolute Gasteiger partial charge is 0.377 e. The molecule has 0 heterocycles. The van der Waals surface area contributed by atoms with Gasteiger partial charge in [0.05, 0.1) is 18.5 Å². The van der Waals surface area contributed by atoms with Crippen molar-refractivity contribution in [2.24, 2.45) is 11.7 Å². The van der Waals surface area contributed by atoms with Gasteiger partial charge in [0.25, 0.3) is 0 Å². The second-order valence-electron chi connectivity index (χ2n) is 3.70. The third-order valence-electron chi connectivity index (χ3n) is 2.33. The second kappa shape index (κ2) is 4.39. The molecule has 78 valence electrons. The van der Waals surface area contributed by atoms with Gasteiger partial charge >= 0.3 is 0 Å². The first kappa shape index (κ1) is 10.9. The third-order valence-corrected chi connectivity index (χ3v) is 3.24. The van der Waals surface area contributed by atoms with Gasteiger partial charge in [0.1, 0.15) is 9.84 Å². The Morgan fingerprint density at radius 3 is 2.54 bits per heavy atom. The van der Waals surface area contributed by atoms with Crippen molar-refractivity contribution in [3.05, 3.63) is 0 Å². The predicted octanol–water partition coefficient (Wildman–Crippen LogP) is -0.215. The quantitative estimate of drug-likeness (QED) is 0.677. The molecule has 1 rings (SSSR count). The molecule has 2 N–H and O–H groups in total. The van der Waals surface area contributed by atoms with E-state index in [1.54, 1.807) is 0 Å². The van der Waals surface area contributed by atoms with Crippen molar-refractivity contribution in [3.63, 3.8) is 0 Å². The lowest BCUT2D eigenvalue weighted by Gasteiger charge is -2.34. The minimum Gasteiger partial charge on any atom is -0.377 e. The summed E-state index contributed by atoms with van der Waals surface area (Å²) in [5.74, 6) is 0.708. The van der Waals surface area contributed by atoms with E-state index in [-0.39, 0.29) is 11.9 Å². The van der Waals surface area contributed by atoms with Crippen molar-refractivity contribution < 1.29 is 13.2 Å². The zero-order valence-corrected chi connectivity index (χ0v) is 8.72. The summed E-state index contributed by atoms with van der Waals surface area (Å²) in [7, 11) is -2.87. The molecule has 1 aliphatic carbocycles. The van der Waals surface area contributed by atoms with E-state index >= 15 is 0 Å². The molecule has 4 nitrogen and oxygen atoms in total. The Morgan fingerprint density at radius 2 is 2.08 bits per heavy atom. The number of sulfone groups is 1. The topological polar surface area (TPSA) is 69.4 Å². The van der Waals surface area contributed by atoms with Crippen LogP contribution in [0.2, 0.25) is 0 Å². The van der Waals surface area contributed by atoms with E-state index in [2.05, 4.69) is 0 Å². The van der Waals surface area contributed by atoms with Gasteiger partial charge in [-0.3, -0.25) is 0 Å². The molecule has 0 radical (unpaired) electrons. The van der Waals surface area contributed by atoms with Gasteiger partial charge in [-0.2, -0.15) is 0 Å². The van der Waals surface area contributed by atoms with E-state index in [0.717, 1.165) is 12.8 Å². The van der Waals surface area contributed by atoms with Gasteiger partial charge in [-0.1, -0.05) is 0 Å². The van der Waals surface area contributed by atoms with Crippen LogP contribution in [0.1, 0.15) is 12.8 Å². The van der Waals surface area contributed by atoms with Crippen LogP contribution in [0.5, 0.6) is 0 Å². The summed E-state index contributed by atoms with van der Waals surface area (Å²) in [6, 6.07) is 0. The lowest BCUT2D eigenvalue weighted by Crippen LogP contribution is -2.36. The molecule has 0 aromatic heterocycles. The summed E-state index contributed by atoms with van der Waals surface area (Å²) in [6.45, 7) is 1.03. The van der Waals surface area contributed by atoms with Crippen LogP contribution >= 0.6 is 0 Å². The van der Waals surface area contributed by atoms with Gasteiger partial charge < -0.3 is 10.5 Å². The van der Waals surface area contributed by atoms with Crippen LogP contribution in [0.15, 0.2) is 0 Å². The standard InChI is InChI=1S/C8H17NO3S/c1-13(10,11)3-2-12-8-4-7(5-8)6-9/h7-8H,2-6,9H2,1H3. The minimum absolute atomic E-state index is 0.122. The molecule has 13 heavy (non-hydrogen) atoms. The van der Waals surface area contributed by atoms with Crippen LogP contribution in [0.4, 0.5) is 0 Å². The maximum atomic E-state index is 10.7. The van der Waals surface area contributed by atoms with E-state index < -0.39 is 9.84 Å². The van der Waals surface area contributed by atoms with Crippen molar-refractivity contribution in [2.45, 2.75) is 18.9 Å². The first-order valence-corrected chi connectivity index (χ1v) is 6.56. The van der Waals surface area contributed by atoms with Crippen molar-refractivity contribution in [3.8, 4) is 0 Å². The zero-order chi connectivity index (χ0) is 9.90. The molecule has 0 aliphatic heterocycles. The lowest BCUT2D eigenvalue weighted by molar-refractivity contribution is -0.0207. The van der Waals surface area contributed by atoms with Gasteiger partial charge in [0, 0.05) is 6.26 Å². The Morgan fingerprint density at radius 1 is 1.46 bits per heavy atom. The summed E-state index contributed by atoms with van der Waals surface area (Å²) >= 11 is 0. The maximum Gasteiger partial charge on any atom is 0.149 e. The Bertz CT molecular complexity index is 244. The Kier molecular flexibility index (Phi) is 3.70. The molecule has 0 unspecified atom stereocenters. The first-order valence-electron chi connectivity index (χ1n) is 4.50. The van der Waals surface area contributed by atoms with Crippen LogP contribution in [0.3, 0.4) is 0 Å². The number of rotatable bonds is 5. The van der Waals surface area contributed by atoms with Gasteiger partial charge in [0.2, 0.25) is 0 Å². The van der Waals surface area contributed by atoms with Crippen molar-refractivity contribution in [2.75, 3.05) is 25.2 Å². The highest BCUT2D eigenvalue weighted by Gasteiger charge is 2.28. The molecule has 0 saturated heterocycles. The predicted molar refractivity (Wildman–Crippen MR) is 51.2 cm³/mol. The molecule has 0 atom stereocenters. The molecule has 0 aromatic rings. The van der Waals surface area contributed by atoms with Gasteiger partial charge in [-0.15, -0.1) is 0 Å². The van der Waals surface area contributed by atoms with Gasteiger partial charge in [0.15, 0.2) is 0 Å². The van der Waals surface area contributed by atoms with Gasteiger partial charge in [-0.05, 0) is 25.3 Å². The lowest BCUT2D eigenvalue weighted by atomic mass is 9.82. The molecular formula is C8H17NO3S. The molecule has 0 aromatic carbocycles. The Hall–Kier alpha value is -0.130. The third kappa shape index (κ3) is 4.06. The normalized spacial score (nSPS) is 28.5. The molecule has 0 amide bonds. The van der Waals surface area contributed by atoms with E-state index in [4.69, 9.17) is 10.5 Å². The molecular weight excluding hydrogens is 190 g/mol. The number of hydrogen-bond donors (Lipinski definition) is 1. The number of ether oxygens (including phenoxy) is 1. The van der Waals surface area contributed by atoms with Crippen molar-refractivity contribution >= 4 is 9.84 Å². The highest BCUT2D eigenvalue weighted by Crippen LogP contribution is 2.28. The van der Waals surface area contributed by atoms with Crippen LogP contribution in [-0.4, -0.2) is 39.7 Å². The average Bonchev–Trinajstić information content (AvgIpc) is 1.91. The highest BCUT2D eigenvalue weighted by atomic mass is 32.2. The summed E-state index contributed by atoms with van der Waals surface area (Å²) in [6.07, 6.45) is 3.44. The van der Waals surface area contributed by atoms with Gasteiger partial charge in [-0.25, -0.2) is 8.42 Å². The average molecular weight is 207 g/mol. The fourth-order valence-corrected chi connectivity index (χ4v) is 1.77. The molecule has 0 bridgehead atoms. The Labute approximate surface area is 79.4 Å². The molecule has 1 aliphatic rings. The van der Waals surface area contributed by atoms with E-state index in [1.807, 2.05) is 0 Å². The van der Waals surface area contributed by atoms with E-state index in [0.29, 0.717) is 19.1 Å². The zero-order valence-electron chi connectivity index (χ0n) is 7.90. The van der Waals surface area contributed by atoms with E-state index in [9.17, 15) is 8.42 Å². The summed E-state index contributed by atoms with van der Waals surface area (Å²) < 4.78 is 26.8. The highest BCUT2D eigenvalue weighted by molar-refractivity contribution is 7.90. The molecule has 0 spiro atoms. The SMILES string of the molecule is CS(=O)(=O)CCOC1CC(CN)C1. The summed E-state index contributed by atoms with van der Waals surface area (Å²) in [5.41, 5.74) is 5.44. The molecule has 1 fully saturated rings. The monoisotopic (exact) mass is 207 g/mol. The second-order valence-corrected chi connectivity index (χ2v) is 5.96. The number of hydrogen-bond acceptors (Lipinski definition) is 4. The fraction of sp³-hybridized carbons (Fsp3) is 1.00. The number of nitrogens with two attached hydrogens (primary N) is 1. The van der Waals surface area contributed by atoms with Crippen molar-refractivity contribution in [1.29, 1.82) is 0 Å². The fourth-order valence-electron chi connectivity index (χ4n) is 1.37. The maximum absolute atomic E-state index is 10.7. The minimum atomic E-state index is -2.87. The van der Waals surface area contributed by atoms with Crippen molar-refractivity contribution in [1.82, 2.24) is 0 Å². The van der Waals surface area contributed by atoms with Crippen LogP contribution in [0, 0.1) is 5.92 Å². The smallest absolute Gasteiger partial charge is 0.149 e. The van der Waals surface area contributed by atoms with Crippen LogP contribution < -0.4 is 5.73 Å². The molecule has 5 heteroatoms. The first-order chi connectivity index (χ1) is 6.01. The summed E-state index contributed by atoms with van der Waals surface area (Å²) in [5, 5.41) is 0. The van der Waals surface area contributed by atoms with Crippen LogP contribution in [0.25, 0.3) is 0 Å². The van der Waals surface area contributed by atoms with Crippen LogP contribution in [-0.2, 0) is 14.6 Å². The van der Waals surface area contributed by atoms with E-state index in [1.165, 1.54) is 6.26 Å². The molecule has 1 saturated carbocycles. The summed E-state index contributed by atoms with van der Waals surface area (Å²) in [4.78, 5) is 0. The Balaban J connectivity index is 2.03.